The SMILES string of the molecule is C=C(c1ccccc1)[C@@H]1N(C)C(=O)[C@H](C(C)C)N1C(=O)c1cc(Cl)ccc1[N+](=O)[O-]. The Morgan fingerprint density at radius 1 is 1.20 bits per heavy atom. The number of likely N-dealkylation sites (N-methyl/N-ethyl adjacent to an activating group) is 1. The predicted octanol–water partition coefficient (Wildman–Crippen LogP) is 4.23. The van der Waals surface area contributed by atoms with E-state index in [1.165, 1.54) is 28.0 Å². The van der Waals surface area contributed by atoms with Crippen LogP contribution < -0.4 is 0 Å². The normalized spacial score (nSPS) is 18.8. The number of rotatable bonds is 5. The smallest absolute Gasteiger partial charge is 0.282 e. The second kappa shape index (κ2) is 8.28. The summed E-state index contributed by atoms with van der Waals surface area (Å²) in [6.07, 6.45) is -0.779. The Morgan fingerprint density at radius 3 is 2.40 bits per heavy atom. The van der Waals surface area contributed by atoms with Crippen LogP contribution in [-0.4, -0.2) is 45.8 Å². The summed E-state index contributed by atoms with van der Waals surface area (Å²) in [6, 6.07) is 12.3. The fourth-order valence-electron chi connectivity index (χ4n) is 3.81. The minimum atomic E-state index is -0.786. The van der Waals surface area contributed by atoms with E-state index in [0.717, 1.165) is 5.56 Å². The van der Waals surface area contributed by atoms with Gasteiger partial charge in [-0.3, -0.25) is 19.7 Å². The van der Waals surface area contributed by atoms with Gasteiger partial charge in [-0.25, -0.2) is 0 Å². The van der Waals surface area contributed by atoms with Crippen LogP contribution in [0, 0.1) is 16.0 Å². The molecule has 8 heteroatoms. The molecule has 1 aliphatic heterocycles. The van der Waals surface area contributed by atoms with Crippen LogP contribution in [0.2, 0.25) is 5.02 Å². The van der Waals surface area contributed by atoms with E-state index in [1.807, 2.05) is 44.2 Å². The number of nitro benzene ring substituents is 1. The Hall–Kier alpha value is -3.19. The number of benzene rings is 2. The Bertz CT molecular complexity index is 1020. The zero-order chi connectivity index (χ0) is 22.2. The maximum absolute atomic E-state index is 13.6. The molecule has 2 atom stereocenters. The lowest BCUT2D eigenvalue weighted by atomic mass is 9.99. The Labute approximate surface area is 179 Å². The number of hydrogen-bond donors (Lipinski definition) is 0. The Kier molecular flexibility index (Phi) is 5.94. The lowest BCUT2D eigenvalue weighted by Gasteiger charge is -2.32. The molecule has 1 saturated heterocycles. The topological polar surface area (TPSA) is 83.8 Å². The van der Waals surface area contributed by atoms with Gasteiger partial charge in [-0.2, -0.15) is 0 Å². The van der Waals surface area contributed by atoms with Crippen molar-refractivity contribution >= 4 is 34.7 Å². The van der Waals surface area contributed by atoms with Crippen molar-refractivity contribution in [3.05, 3.63) is 81.4 Å². The number of hydrogen-bond acceptors (Lipinski definition) is 4. The van der Waals surface area contributed by atoms with Crippen molar-refractivity contribution in [3.63, 3.8) is 0 Å². The van der Waals surface area contributed by atoms with Crippen molar-refractivity contribution < 1.29 is 14.5 Å². The van der Waals surface area contributed by atoms with Crippen LogP contribution >= 0.6 is 11.6 Å². The molecule has 1 heterocycles. The second-order valence-corrected chi connectivity index (χ2v) is 7.97. The molecule has 0 radical (unpaired) electrons. The van der Waals surface area contributed by atoms with E-state index in [4.69, 9.17) is 11.6 Å². The first kappa shape index (κ1) is 21.5. The molecule has 1 fully saturated rings. The molecular weight excluding hydrogens is 406 g/mol. The first-order chi connectivity index (χ1) is 14.1. The average Bonchev–Trinajstić information content (AvgIpc) is 2.98. The highest BCUT2D eigenvalue weighted by Gasteiger charge is 2.50. The number of carbonyl (C=O) groups is 2. The van der Waals surface area contributed by atoms with Gasteiger partial charge >= 0.3 is 0 Å². The van der Waals surface area contributed by atoms with Crippen molar-refractivity contribution in [2.75, 3.05) is 7.05 Å². The largest absolute Gasteiger partial charge is 0.319 e. The Morgan fingerprint density at radius 2 is 1.83 bits per heavy atom. The van der Waals surface area contributed by atoms with E-state index in [0.29, 0.717) is 5.57 Å². The predicted molar refractivity (Wildman–Crippen MR) is 115 cm³/mol. The molecule has 0 spiro atoms. The Balaban J connectivity index is 2.15. The van der Waals surface area contributed by atoms with Gasteiger partial charge in [-0.05, 0) is 29.2 Å². The molecule has 0 aliphatic carbocycles. The molecule has 3 rings (SSSR count). The van der Waals surface area contributed by atoms with Gasteiger partial charge in [0, 0.05) is 18.1 Å². The second-order valence-electron chi connectivity index (χ2n) is 7.53. The molecule has 2 amide bonds. The van der Waals surface area contributed by atoms with Crippen LogP contribution in [0.15, 0.2) is 55.1 Å². The van der Waals surface area contributed by atoms with Gasteiger partial charge in [0.1, 0.15) is 17.8 Å². The first-order valence-electron chi connectivity index (χ1n) is 9.42. The summed E-state index contributed by atoms with van der Waals surface area (Å²) in [5, 5.41) is 11.7. The minimum Gasteiger partial charge on any atom is -0.319 e. The van der Waals surface area contributed by atoms with E-state index >= 15 is 0 Å². The number of carbonyl (C=O) groups excluding carboxylic acids is 2. The summed E-state index contributed by atoms with van der Waals surface area (Å²) in [6.45, 7) is 7.80. The number of nitrogens with zero attached hydrogens (tertiary/aromatic N) is 3. The molecule has 0 aromatic heterocycles. The number of halogens is 1. The molecule has 2 aromatic rings. The third kappa shape index (κ3) is 3.68. The quantitative estimate of drug-likeness (QED) is 0.528. The van der Waals surface area contributed by atoms with Gasteiger partial charge in [0.05, 0.1) is 4.92 Å². The van der Waals surface area contributed by atoms with E-state index in [1.54, 1.807) is 7.05 Å². The van der Waals surface area contributed by atoms with Crippen LogP contribution in [0.25, 0.3) is 5.57 Å². The van der Waals surface area contributed by atoms with Gasteiger partial charge in [0.2, 0.25) is 5.91 Å². The number of nitro groups is 1. The van der Waals surface area contributed by atoms with Gasteiger partial charge < -0.3 is 9.80 Å². The summed E-state index contributed by atoms with van der Waals surface area (Å²) in [4.78, 5) is 40.4. The van der Waals surface area contributed by atoms with Crippen molar-refractivity contribution in [1.29, 1.82) is 0 Å². The van der Waals surface area contributed by atoms with Crippen molar-refractivity contribution in [1.82, 2.24) is 9.80 Å². The fourth-order valence-corrected chi connectivity index (χ4v) is 3.98. The molecule has 0 unspecified atom stereocenters. The van der Waals surface area contributed by atoms with Crippen LogP contribution in [0.4, 0.5) is 5.69 Å². The van der Waals surface area contributed by atoms with E-state index < -0.39 is 23.0 Å². The maximum atomic E-state index is 13.6. The molecule has 0 bridgehead atoms. The van der Waals surface area contributed by atoms with Crippen molar-refractivity contribution in [2.45, 2.75) is 26.1 Å². The maximum Gasteiger partial charge on any atom is 0.282 e. The van der Waals surface area contributed by atoms with E-state index in [-0.39, 0.29) is 28.1 Å². The summed E-state index contributed by atoms with van der Waals surface area (Å²) in [5.41, 5.74) is 0.794. The van der Waals surface area contributed by atoms with Gasteiger partial charge in [0.15, 0.2) is 0 Å². The van der Waals surface area contributed by atoms with E-state index in [2.05, 4.69) is 6.58 Å². The van der Waals surface area contributed by atoms with Crippen LogP contribution in [0.1, 0.15) is 29.8 Å². The molecular formula is C22H22ClN3O4. The molecule has 1 aliphatic rings. The molecule has 2 aromatic carbocycles. The summed E-state index contributed by atoms with van der Waals surface area (Å²) in [7, 11) is 1.61. The first-order valence-corrected chi connectivity index (χ1v) is 9.80. The molecule has 30 heavy (non-hydrogen) atoms. The van der Waals surface area contributed by atoms with E-state index in [9.17, 15) is 19.7 Å². The summed E-state index contributed by atoms with van der Waals surface area (Å²) >= 11 is 6.04. The summed E-state index contributed by atoms with van der Waals surface area (Å²) in [5.74, 6) is -1.09. The van der Waals surface area contributed by atoms with Crippen molar-refractivity contribution in [2.24, 2.45) is 5.92 Å². The standard InChI is InChI=1S/C22H22ClN3O4/c1-13(2)19-22(28)24(4)20(14(3)15-8-6-5-7-9-15)25(19)21(27)17-12-16(23)10-11-18(17)26(29)30/h5-13,19-20H,3H2,1-2,4H3/t19-,20+/m0/s1. The third-order valence-electron chi connectivity index (χ3n) is 5.24. The zero-order valence-corrected chi connectivity index (χ0v) is 17.7. The highest BCUT2D eigenvalue weighted by atomic mass is 35.5. The zero-order valence-electron chi connectivity index (χ0n) is 16.9. The fraction of sp³-hybridized carbons (Fsp3) is 0.273. The van der Waals surface area contributed by atoms with Gasteiger partial charge in [-0.1, -0.05) is 62.4 Å². The lowest BCUT2D eigenvalue weighted by Crippen LogP contribution is -2.46. The van der Waals surface area contributed by atoms with Gasteiger partial charge in [0.25, 0.3) is 11.6 Å². The summed E-state index contributed by atoms with van der Waals surface area (Å²) < 4.78 is 0. The molecule has 0 saturated carbocycles. The number of amides is 2. The highest BCUT2D eigenvalue weighted by molar-refractivity contribution is 6.31. The van der Waals surface area contributed by atoms with Crippen LogP contribution in [0.5, 0.6) is 0 Å². The molecule has 0 N–H and O–H groups in total. The molecule has 156 valence electrons. The van der Waals surface area contributed by atoms with Crippen LogP contribution in [-0.2, 0) is 4.79 Å². The van der Waals surface area contributed by atoms with Crippen molar-refractivity contribution in [3.8, 4) is 0 Å². The minimum absolute atomic E-state index is 0.160. The third-order valence-corrected chi connectivity index (χ3v) is 5.47. The highest BCUT2D eigenvalue weighted by Crippen LogP contribution is 2.36. The monoisotopic (exact) mass is 427 g/mol. The van der Waals surface area contributed by atoms with Gasteiger partial charge in [-0.15, -0.1) is 0 Å². The molecule has 7 nitrogen and oxygen atoms in total. The lowest BCUT2D eigenvalue weighted by molar-refractivity contribution is -0.385. The average molecular weight is 428 g/mol. The van der Waals surface area contributed by atoms with Crippen LogP contribution in [0.3, 0.4) is 0 Å².